The van der Waals surface area contributed by atoms with Gasteiger partial charge in [0.05, 0.1) is 23.1 Å². The highest BCUT2D eigenvalue weighted by atomic mass is 35.5. The van der Waals surface area contributed by atoms with Crippen molar-refractivity contribution in [3.8, 4) is 0 Å². The number of nitrogens with one attached hydrogen (secondary N) is 1. The molecule has 1 aliphatic heterocycles. The molecule has 194 valence electrons. The topological polar surface area (TPSA) is 138 Å². The maximum absolute atomic E-state index is 13.5. The second kappa shape index (κ2) is 9.71. The molecule has 13 heteroatoms. The quantitative estimate of drug-likeness (QED) is 0.364. The third-order valence-electron chi connectivity index (χ3n) is 6.41. The van der Waals surface area contributed by atoms with E-state index in [1.165, 1.54) is 10.6 Å². The number of rotatable bonds is 6. The molecule has 2 aromatic heterocycles. The van der Waals surface area contributed by atoms with Crippen molar-refractivity contribution >= 4 is 66.9 Å². The van der Waals surface area contributed by atoms with Crippen LogP contribution >= 0.6 is 23.2 Å². The van der Waals surface area contributed by atoms with Gasteiger partial charge in [0.2, 0.25) is 11.1 Å². The van der Waals surface area contributed by atoms with E-state index in [0.717, 1.165) is 0 Å². The molecule has 1 saturated heterocycles. The smallest absolute Gasteiger partial charge is 0.277 e. The molecule has 10 nitrogen and oxygen atoms in total. The molecule has 3 heterocycles. The van der Waals surface area contributed by atoms with E-state index < -0.39 is 10.0 Å². The van der Waals surface area contributed by atoms with Crippen molar-refractivity contribution in [2.24, 2.45) is 5.92 Å². The number of fused-ring (bicyclic) bond motifs is 2. The van der Waals surface area contributed by atoms with E-state index in [9.17, 15) is 13.2 Å². The number of carbonyl (C=O) groups is 1. The number of hydrogen-bond acceptors (Lipinski definition) is 7. The van der Waals surface area contributed by atoms with Gasteiger partial charge in [0.15, 0.2) is 0 Å². The first kappa shape index (κ1) is 25.7. The first-order valence-corrected chi connectivity index (χ1v) is 13.9. The Morgan fingerprint density at radius 2 is 1.95 bits per heavy atom. The lowest BCUT2D eigenvalue weighted by Crippen LogP contribution is -2.57. The molecule has 1 aliphatic rings. The molecule has 3 N–H and O–H groups in total. The van der Waals surface area contributed by atoms with E-state index in [4.69, 9.17) is 28.9 Å². The van der Waals surface area contributed by atoms with Crippen LogP contribution in [0.4, 0.5) is 5.82 Å². The van der Waals surface area contributed by atoms with Gasteiger partial charge in [-0.15, -0.1) is 0 Å². The van der Waals surface area contributed by atoms with Gasteiger partial charge in [-0.25, -0.2) is 23.4 Å². The number of piperazine rings is 1. The zero-order valence-electron chi connectivity index (χ0n) is 20.1. The average Bonchev–Trinajstić information content (AvgIpc) is 3.26. The Kier molecular flexibility index (Phi) is 6.73. The van der Waals surface area contributed by atoms with Crippen LogP contribution in [-0.4, -0.2) is 62.6 Å². The number of nitrogens with zero attached hydrogens (tertiary/aromatic N) is 5. The van der Waals surface area contributed by atoms with Crippen molar-refractivity contribution in [2.75, 3.05) is 18.8 Å². The third kappa shape index (κ3) is 4.96. The monoisotopic (exact) mass is 561 g/mol. The van der Waals surface area contributed by atoms with E-state index in [1.807, 2.05) is 13.8 Å². The number of benzene rings is 2. The van der Waals surface area contributed by atoms with Crippen LogP contribution in [0.5, 0.6) is 0 Å². The van der Waals surface area contributed by atoms with E-state index in [-0.39, 0.29) is 42.7 Å². The minimum atomic E-state index is -4.06. The second-order valence-corrected chi connectivity index (χ2v) is 12.2. The van der Waals surface area contributed by atoms with Gasteiger partial charge in [-0.1, -0.05) is 37.0 Å². The van der Waals surface area contributed by atoms with Gasteiger partial charge in [-0.2, -0.15) is 4.31 Å². The molecule has 0 bridgehead atoms. The molecule has 1 amide bonds. The van der Waals surface area contributed by atoms with Crippen LogP contribution in [0, 0.1) is 5.92 Å². The highest BCUT2D eigenvalue weighted by Gasteiger charge is 2.40. The van der Waals surface area contributed by atoms with Gasteiger partial charge < -0.3 is 15.6 Å². The van der Waals surface area contributed by atoms with Crippen molar-refractivity contribution in [3.63, 3.8) is 0 Å². The van der Waals surface area contributed by atoms with Crippen LogP contribution in [0.3, 0.4) is 0 Å². The van der Waals surface area contributed by atoms with Crippen LogP contribution < -0.4 is 5.73 Å². The SMILES string of the molecule is CC(C)C[C@H]1CN(S(=O)(=O)c2nc3ccc(Cl)cc3[nH]2)CC(=O)N1Cc1cc2ncnc(N)c2cc1Cl. The predicted octanol–water partition coefficient (Wildman–Crippen LogP) is 3.84. The van der Waals surface area contributed by atoms with E-state index in [0.29, 0.717) is 49.8 Å². The molecule has 37 heavy (non-hydrogen) atoms. The van der Waals surface area contributed by atoms with Crippen molar-refractivity contribution in [3.05, 3.63) is 52.3 Å². The van der Waals surface area contributed by atoms with Crippen molar-refractivity contribution in [2.45, 2.75) is 38.0 Å². The Labute approximate surface area is 223 Å². The Bertz CT molecular complexity index is 1620. The number of amides is 1. The molecular weight excluding hydrogens is 537 g/mol. The minimum absolute atomic E-state index is 0.129. The molecule has 0 spiro atoms. The van der Waals surface area contributed by atoms with Crippen LogP contribution in [0.1, 0.15) is 25.8 Å². The molecule has 2 aromatic carbocycles. The van der Waals surface area contributed by atoms with Crippen LogP contribution in [0.15, 0.2) is 41.8 Å². The average molecular weight is 562 g/mol. The summed E-state index contributed by atoms with van der Waals surface area (Å²) in [5.41, 5.74) is 8.23. The van der Waals surface area contributed by atoms with Crippen molar-refractivity contribution in [1.82, 2.24) is 29.1 Å². The van der Waals surface area contributed by atoms with Gasteiger partial charge >= 0.3 is 0 Å². The Morgan fingerprint density at radius 3 is 2.70 bits per heavy atom. The zero-order chi connectivity index (χ0) is 26.5. The molecule has 0 aliphatic carbocycles. The summed E-state index contributed by atoms with van der Waals surface area (Å²) in [7, 11) is -4.06. The second-order valence-electron chi connectivity index (χ2n) is 9.53. The standard InChI is InChI=1S/C24H25Cl2N7O3S/c1-13(2)5-16-10-32(37(35,36)24-30-19-4-3-15(25)7-21(19)31-24)11-22(34)33(16)9-14-6-20-17(8-18(14)26)23(27)29-12-28-20/h3-4,6-8,12-13,16H,5,9-11H2,1-2H3,(H,30,31)(H2,27,28,29)/t16-/m0/s1. The summed E-state index contributed by atoms with van der Waals surface area (Å²) in [4.78, 5) is 30.4. The number of sulfonamides is 1. The molecule has 0 unspecified atom stereocenters. The summed E-state index contributed by atoms with van der Waals surface area (Å²) in [6.45, 7) is 4.09. The summed E-state index contributed by atoms with van der Waals surface area (Å²) >= 11 is 12.6. The number of H-pyrrole nitrogens is 1. The number of aromatic nitrogens is 4. The highest BCUT2D eigenvalue weighted by molar-refractivity contribution is 7.89. The zero-order valence-corrected chi connectivity index (χ0v) is 22.5. The molecule has 0 saturated carbocycles. The number of anilines is 1. The third-order valence-corrected chi connectivity index (χ3v) is 8.64. The summed E-state index contributed by atoms with van der Waals surface area (Å²) in [5.74, 6) is 0.216. The summed E-state index contributed by atoms with van der Waals surface area (Å²) in [6.07, 6.45) is 1.98. The lowest BCUT2D eigenvalue weighted by molar-refractivity contribution is -0.138. The van der Waals surface area contributed by atoms with Gasteiger partial charge in [-0.05, 0) is 48.2 Å². The van der Waals surface area contributed by atoms with Gasteiger partial charge in [0, 0.05) is 34.6 Å². The molecule has 4 aromatic rings. The molecule has 1 fully saturated rings. The van der Waals surface area contributed by atoms with E-state index in [2.05, 4.69) is 19.9 Å². The number of halogens is 2. The summed E-state index contributed by atoms with van der Waals surface area (Å²) < 4.78 is 28.2. The van der Waals surface area contributed by atoms with Crippen LogP contribution in [0.25, 0.3) is 21.9 Å². The molecule has 0 radical (unpaired) electrons. The normalized spacial score (nSPS) is 17.4. The molecule has 5 rings (SSSR count). The fourth-order valence-corrected chi connectivity index (χ4v) is 6.38. The number of hydrogen-bond donors (Lipinski definition) is 2. The van der Waals surface area contributed by atoms with Gasteiger partial charge in [0.25, 0.3) is 10.0 Å². The Hall–Kier alpha value is -2.99. The maximum atomic E-state index is 13.5. The van der Waals surface area contributed by atoms with Gasteiger partial charge in [0.1, 0.15) is 12.1 Å². The summed E-state index contributed by atoms with van der Waals surface area (Å²) in [6, 6.07) is 8.01. The minimum Gasteiger partial charge on any atom is -0.383 e. The number of nitrogens with two attached hydrogens (primary N) is 1. The van der Waals surface area contributed by atoms with Crippen molar-refractivity contribution < 1.29 is 13.2 Å². The van der Waals surface area contributed by atoms with Crippen molar-refractivity contribution in [1.29, 1.82) is 0 Å². The molecule has 1 atom stereocenters. The predicted molar refractivity (Wildman–Crippen MR) is 143 cm³/mol. The maximum Gasteiger partial charge on any atom is 0.277 e. The van der Waals surface area contributed by atoms with E-state index in [1.54, 1.807) is 35.2 Å². The fraction of sp³-hybridized carbons (Fsp3) is 0.333. The Morgan fingerprint density at radius 1 is 1.16 bits per heavy atom. The highest BCUT2D eigenvalue weighted by Crippen LogP contribution is 2.30. The lowest BCUT2D eigenvalue weighted by atomic mass is 9.99. The Balaban J connectivity index is 1.45. The van der Waals surface area contributed by atoms with Crippen LogP contribution in [-0.2, 0) is 21.4 Å². The van der Waals surface area contributed by atoms with E-state index >= 15 is 0 Å². The lowest BCUT2D eigenvalue weighted by Gasteiger charge is -2.41. The number of carbonyl (C=O) groups excluding carboxylic acids is 1. The fourth-order valence-electron chi connectivity index (χ4n) is 4.64. The first-order valence-electron chi connectivity index (χ1n) is 11.7. The first-order chi connectivity index (χ1) is 17.5. The largest absolute Gasteiger partial charge is 0.383 e. The summed E-state index contributed by atoms with van der Waals surface area (Å²) in [5, 5.41) is 1.30. The number of aromatic amines is 1. The van der Waals surface area contributed by atoms with Crippen LogP contribution in [0.2, 0.25) is 10.0 Å². The molecular formula is C24H25Cl2N7O3S. The van der Waals surface area contributed by atoms with Gasteiger partial charge in [-0.3, -0.25) is 4.79 Å². The number of imidazole rings is 1. The number of nitrogen functional groups attached to an aromatic ring is 1.